The van der Waals surface area contributed by atoms with Crippen LogP contribution >= 0.6 is 11.3 Å². The summed E-state index contributed by atoms with van der Waals surface area (Å²) in [5.41, 5.74) is 1.08. The molecule has 0 saturated carbocycles. The number of aromatic nitrogens is 3. The highest BCUT2D eigenvalue weighted by atomic mass is 32.2. The number of sulfonamides is 1. The molecular weight excluding hydrogens is 362 g/mol. The van der Waals surface area contributed by atoms with Gasteiger partial charge in [-0.2, -0.15) is 9.40 Å². The van der Waals surface area contributed by atoms with Gasteiger partial charge in [-0.3, -0.25) is 9.48 Å². The molecule has 0 aliphatic carbocycles. The van der Waals surface area contributed by atoms with Crippen LogP contribution in [0, 0.1) is 19.8 Å². The van der Waals surface area contributed by atoms with Crippen LogP contribution in [0.2, 0.25) is 0 Å². The number of hydrogen-bond acceptors (Lipinski definition) is 6. The molecule has 136 valence electrons. The van der Waals surface area contributed by atoms with E-state index in [4.69, 9.17) is 0 Å². The molecule has 8 nitrogen and oxygen atoms in total. The van der Waals surface area contributed by atoms with Gasteiger partial charge < -0.3 is 5.32 Å². The van der Waals surface area contributed by atoms with Gasteiger partial charge in [0.05, 0.1) is 17.3 Å². The van der Waals surface area contributed by atoms with Crippen LogP contribution in [-0.2, 0) is 21.9 Å². The summed E-state index contributed by atoms with van der Waals surface area (Å²) in [6.07, 6.45) is 2.92. The molecule has 10 heteroatoms. The lowest BCUT2D eigenvalue weighted by Crippen LogP contribution is -2.44. The van der Waals surface area contributed by atoms with E-state index in [0.29, 0.717) is 35.9 Å². The van der Waals surface area contributed by atoms with Crippen LogP contribution in [0.1, 0.15) is 24.2 Å². The van der Waals surface area contributed by atoms with Crippen molar-refractivity contribution in [2.75, 3.05) is 18.4 Å². The molecule has 3 heterocycles. The number of thiazole rings is 1. The highest BCUT2D eigenvalue weighted by Crippen LogP contribution is 2.28. The van der Waals surface area contributed by atoms with E-state index in [-0.39, 0.29) is 23.3 Å². The van der Waals surface area contributed by atoms with E-state index >= 15 is 0 Å². The molecule has 25 heavy (non-hydrogen) atoms. The summed E-state index contributed by atoms with van der Waals surface area (Å²) in [4.78, 5) is 16.7. The number of rotatable bonds is 4. The van der Waals surface area contributed by atoms with Gasteiger partial charge in [-0.15, -0.1) is 11.3 Å². The number of piperidine rings is 1. The molecule has 1 amide bonds. The smallest absolute Gasteiger partial charge is 0.246 e. The van der Waals surface area contributed by atoms with E-state index < -0.39 is 10.0 Å². The highest BCUT2D eigenvalue weighted by molar-refractivity contribution is 7.89. The molecule has 1 aliphatic heterocycles. The van der Waals surface area contributed by atoms with Gasteiger partial charge in [0, 0.05) is 31.7 Å². The van der Waals surface area contributed by atoms with Crippen molar-refractivity contribution in [2.45, 2.75) is 31.6 Å². The zero-order chi connectivity index (χ0) is 18.2. The monoisotopic (exact) mass is 383 g/mol. The Labute approximate surface area is 150 Å². The lowest BCUT2D eigenvalue weighted by atomic mass is 9.99. The standard InChI is InChI=1S/C15H21N5O3S2/c1-10-13(11(2)19(3)18-10)25(22,23)20-7-4-5-12(9-20)14(21)17-15-16-6-8-24-15/h6,8,12H,4-5,7,9H2,1-3H3,(H,16,17,21). The van der Waals surface area contributed by atoms with E-state index in [0.717, 1.165) is 0 Å². The average molecular weight is 383 g/mol. The molecule has 0 spiro atoms. The fourth-order valence-electron chi connectivity index (χ4n) is 3.12. The Morgan fingerprint density at radius 1 is 1.40 bits per heavy atom. The van der Waals surface area contributed by atoms with Crippen molar-refractivity contribution in [3.05, 3.63) is 23.0 Å². The van der Waals surface area contributed by atoms with Gasteiger partial charge in [0.25, 0.3) is 0 Å². The molecule has 1 atom stereocenters. The number of hydrogen-bond donors (Lipinski definition) is 1. The van der Waals surface area contributed by atoms with E-state index in [1.165, 1.54) is 15.6 Å². The van der Waals surface area contributed by atoms with Crippen molar-refractivity contribution < 1.29 is 13.2 Å². The number of carbonyl (C=O) groups excluding carboxylic acids is 1. The predicted octanol–water partition coefficient (Wildman–Crippen LogP) is 1.53. The number of amides is 1. The molecule has 1 saturated heterocycles. The largest absolute Gasteiger partial charge is 0.302 e. The lowest BCUT2D eigenvalue weighted by molar-refractivity contribution is -0.120. The number of anilines is 1. The Kier molecular flexibility index (Phi) is 4.94. The molecule has 1 aliphatic rings. The van der Waals surface area contributed by atoms with Crippen molar-refractivity contribution in [3.8, 4) is 0 Å². The second kappa shape index (κ2) is 6.85. The van der Waals surface area contributed by atoms with Crippen molar-refractivity contribution in [1.29, 1.82) is 0 Å². The van der Waals surface area contributed by atoms with Crippen molar-refractivity contribution in [2.24, 2.45) is 13.0 Å². The van der Waals surface area contributed by atoms with E-state index in [9.17, 15) is 13.2 Å². The molecule has 0 radical (unpaired) electrons. The Bertz CT molecular complexity index is 873. The topological polar surface area (TPSA) is 97.2 Å². The molecule has 2 aromatic heterocycles. The van der Waals surface area contributed by atoms with E-state index in [1.54, 1.807) is 37.2 Å². The van der Waals surface area contributed by atoms with Gasteiger partial charge in [-0.1, -0.05) is 0 Å². The first-order chi connectivity index (χ1) is 11.8. The average Bonchev–Trinajstić information content (AvgIpc) is 3.16. The minimum absolute atomic E-state index is 0.174. The van der Waals surface area contributed by atoms with Gasteiger partial charge in [-0.05, 0) is 26.7 Å². The Hall–Kier alpha value is -1.78. The number of aryl methyl sites for hydroxylation is 2. The van der Waals surface area contributed by atoms with Gasteiger partial charge >= 0.3 is 0 Å². The predicted molar refractivity (Wildman–Crippen MR) is 94.9 cm³/mol. The quantitative estimate of drug-likeness (QED) is 0.864. The zero-order valence-corrected chi connectivity index (χ0v) is 16.0. The highest BCUT2D eigenvalue weighted by Gasteiger charge is 2.36. The Morgan fingerprint density at radius 3 is 2.76 bits per heavy atom. The number of nitrogens with zero attached hydrogens (tertiary/aromatic N) is 4. The van der Waals surface area contributed by atoms with Crippen molar-refractivity contribution in [3.63, 3.8) is 0 Å². The third-order valence-corrected chi connectivity index (χ3v) is 7.26. The molecule has 0 bridgehead atoms. The van der Waals surface area contributed by atoms with Gasteiger partial charge in [-0.25, -0.2) is 13.4 Å². The second-order valence-corrected chi connectivity index (χ2v) is 8.92. The van der Waals surface area contributed by atoms with Crippen LogP contribution in [0.3, 0.4) is 0 Å². The summed E-state index contributed by atoms with van der Waals surface area (Å²) < 4.78 is 29.1. The maximum absolute atomic E-state index is 13.1. The van der Waals surface area contributed by atoms with Crippen LogP contribution in [0.5, 0.6) is 0 Å². The molecule has 1 N–H and O–H groups in total. The summed E-state index contributed by atoms with van der Waals surface area (Å²) >= 11 is 1.34. The normalized spacial score (nSPS) is 19.1. The first-order valence-corrected chi connectivity index (χ1v) is 10.3. The van der Waals surface area contributed by atoms with Gasteiger partial charge in [0.15, 0.2) is 5.13 Å². The van der Waals surface area contributed by atoms with E-state index in [2.05, 4.69) is 15.4 Å². The summed E-state index contributed by atoms with van der Waals surface area (Å²) in [7, 11) is -1.95. The van der Waals surface area contributed by atoms with E-state index in [1.807, 2.05) is 0 Å². The van der Waals surface area contributed by atoms with Crippen LogP contribution in [-0.4, -0.2) is 46.5 Å². The fourth-order valence-corrected chi connectivity index (χ4v) is 5.58. The summed E-state index contributed by atoms with van der Waals surface area (Å²) in [5, 5.41) is 9.27. The maximum Gasteiger partial charge on any atom is 0.246 e. The van der Waals surface area contributed by atoms with Gasteiger partial charge in [0.2, 0.25) is 15.9 Å². The number of carbonyl (C=O) groups is 1. The third kappa shape index (κ3) is 3.46. The molecule has 0 aromatic carbocycles. The Morgan fingerprint density at radius 2 is 2.16 bits per heavy atom. The maximum atomic E-state index is 13.1. The van der Waals surface area contributed by atoms with Gasteiger partial charge in [0.1, 0.15) is 4.90 Å². The molecule has 1 unspecified atom stereocenters. The van der Waals surface area contributed by atoms with Crippen LogP contribution < -0.4 is 5.32 Å². The molecule has 2 aromatic rings. The first-order valence-electron chi connectivity index (χ1n) is 8.01. The SMILES string of the molecule is Cc1nn(C)c(C)c1S(=O)(=O)N1CCCC(C(=O)Nc2nccs2)C1. The summed E-state index contributed by atoms with van der Waals surface area (Å²) in [6.45, 7) is 4.02. The summed E-state index contributed by atoms with van der Waals surface area (Å²) in [5.74, 6) is -0.570. The van der Waals surface area contributed by atoms with Crippen LogP contribution in [0.15, 0.2) is 16.5 Å². The summed E-state index contributed by atoms with van der Waals surface area (Å²) in [6, 6.07) is 0. The van der Waals surface area contributed by atoms with Crippen molar-refractivity contribution >= 4 is 32.4 Å². The van der Waals surface area contributed by atoms with Crippen molar-refractivity contribution in [1.82, 2.24) is 19.1 Å². The number of nitrogens with one attached hydrogen (secondary N) is 1. The second-order valence-electron chi connectivity index (χ2n) is 6.15. The van der Waals surface area contributed by atoms with Crippen LogP contribution in [0.4, 0.5) is 5.13 Å². The first kappa shape index (κ1) is 18.0. The molecular formula is C15H21N5O3S2. The minimum Gasteiger partial charge on any atom is -0.302 e. The zero-order valence-electron chi connectivity index (χ0n) is 14.4. The van der Waals surface area contributed by atoms with Crippen LogP contribution in [0.25, 0.3) is 0 Å². The fraction of sp³-hybridized carbons (Fsp3) is 0.533. The lowest BCUT2D eigenvalue weighted by Gasteiger charge is -2.31. The Balaban J connectivity index is 1.79. The minimum atomic E-state index is -3.67. The third-order valence-electron chi connectivity index (χ3n) is 4.46. The molecule has 1 fully saturated rings. The molecule has 3 rings (SSSR count).